The van der Waals surface area contributed by atoms with Crippen LogP contribution >= 0.6 is 0 Å². The van der Waals surface area contributed by atoms with Gasteiger partial charge in [0.05, 0.1) is 17.4 Å². The summed E-state index contributed by atoms with van der Waals surface area (Å²) in [4.78, 5) is 36.3. The molecule has 150 valence electrons. The molecule has 0 unspecified atom stereocenters. The second kappa shape index (κ2) is 8.57. The maximum atomic E-state index is 12.8. The minimum absolute atomic E-state index is 0.0923. The highest BCUT2D eigenvalue weighted by molar-refractivity contribution is 5.94. The Morgan fingerprint density at radius 1 is 1.07 bits per heavy atom. The van der Waals surface area contributed by atoms with Gasteiger partial charge in [0, 0.05) is 19.2 Å². The quantitative estimate of drug-likeness (QED) is 0.726. The number of likely N-dealkylation sites (tertiary alicyclic amines) is 1. The fourth-order valence-electron chi connectivity index (χ4n) is 3.86. The maximum absolute atomic E-state index is 12.8. The lowest BCUT2D eigenvalue weighted by Crippen LogP contribution is -2.29. The molecule has 0 aliphatic carbocycles. The summed E-state index contributed by atoms with van der Waals surface area (Å²) in [5.74, 6) is 0.386. The second-order valence-corrected chi connectivity index (χ2v) is 7.72. The van der Waals surface area contributed by atoms with Gasteiger partial charge in [-0.25, -0.2) is 4.98 Å². The van der Waals surface area contributed by atoms with Crippen LogP contribution in [0.4, 0.5) is 0 Å². The summed E-state index contributed by atoms with van der Waals surface area (Å²) in [5.41, 5.74) is 2.31. The van der Waals surface area contributed by atoms with E-state index in [1.807, 2.05) is 36.4 Å². The molecule has 1 aliphatic rings. The normalized spacial score (nSPS) is 14.8. The van der Waals surface area contributed by atoms with Crippen molar-refractivity contribution in [1.82, 2.24) is 19.8 Å². The van der Waals surface area contributed by atoms with Gasteiger partial charge in [0.15, 0.2) is 0 Å². The van der Waals surface area contributed by atoms with E-state index >= 15 is 0 Å². The van der Waals surface area contributed by atoms with E-state index in [9.17, 15) is 9.59 Å². The SMILES string of the molecule is CN(Cc1nc2ccccc2c(=O)[nH]1)C(=O)c1ccc(CN2CCCCC2)cc1. The van der Waals surface area contributed by atoms with Crippen molar-refractivity contribution < 1.29 is 4.79 Å². The summed E-state index contributed by atoms with van der Waals surface area (Å²) < 4.78 is 0. The molecule has 1 aromatic heterocycles. The number of H-pyrrole nitrogens is 1. The molecule has 4 rings (SSSR count). The molecule has 0 saturated carbocycles. The van der Waals surface area contributed by atoms with Crippen LogP contribution in [-0.2, 0) is 13.1 Å². The molecule has 0 bridgehead atoms. The summed E-state index contributed by atoms with van der Waals surface area (Å²) in [6.07, 6.45) is 3.87. The van der Waals surface area contributed by atoms with Crippen molar-refractivity contribution in [3.05, 3.63) is 75.8 Å². The monoisotopic (exact) mass is 390 g/mol. The number of carbonyl (C=O) groups excluding carboxylic acids is 1. The van der Waals surface area contributed by atoms with E-state index in [1.165, 1.54) is 24.8 Å². The molecule has 2 heterocycles. The van der Waals surface area contributed by atoms with E-state index < -0.39 is 0 Å². The van der Waals surface area contributed by atoms with Crippen LogP contribution in [-0.4, -0.2) is 45.8 Å². The molecule has 29 heavy (non-hydrogen) atoms. The predicted molar refractivity (Wildman–Crippen MR) is 114 cm³/mol. The summed E-state index contributed by atoms with van der Waals surface area (Å²) in [6, 6.07) is 15.0. The Morgan fingerprint density at radius 3 is 2.55 bits per heavy atom. The van der Waals surface area contributed by atoms with Crippen molar-refractivity contribution >= 4 is 16.8 Å². The van der Waals surface area contributed by atoms with Crippen LogP contribution in [0.5, 0.6) is 0 Å². The molecular weight excluding hydrogens is 364 g/mol. The molecule has 6 nitrogen and oxygen atoms in total. The molecule has 0 spiro atoms. The highest BCUT2D eigenvalue weighted by Gasteiger charge is 2.15. The molecule has 0 radical (unpaired) electrons. The number of hydrogen-bond donors (Lipinski definition) is 1. The molecule has 1 aliphatic heterocycles. The topological polar surface area (TPSA) is 69.3 Å². The molecule has 1 saturated heterocycles. The highest BCUT2D eigenvalue weighted by atomic mass is 16.2. The zero-order valence-corrected chi connectivity index (χ0v) is 16.7. The van der Waals surface area contributed by atoms with Gasteiger partial charge in [-0.3, -0.25) is 14.5 Å². The largest absolute Gasteiger partial charge is 0.334 e. The third kappa shape index (κ3) is 4.54. The first-order chi connectivity index (χ1) is 14.1. The fraction of sp³-hybridized carbons (Fsp3) is 0.348. The third-order valence-electron chi connectivity index (χ3n) is 5.45. The predicted octanol–water partition coefficient (Wildman–Crippen LogP) is 3.18. The van der Waals surface area contributed by atoms with Crippen molar-refractivity contribution in [2.24, 2.45) is 0 Å². The number of nitrogens with one attached hydrogen (secondary N) is 1. The zero-order valence-electron chi connectivity index (χ0n) is 16.7. The number of nitrogens with zero attached hydrogens (tertiary/aromatic N) is 3. The van der Waals surface area contributed by atoms with Gasteiger partial charge in [0.2, 0.25) is 0 Å². The lowest BCUT2D eigenvalue weighted by molar-refractivity contribution is 0.0781. The first-order valence-corrected chi connectivity index (χ1v) is 10.1. The average Bonchev–Trinajstić information content (AvgIpc) is 2.74. The van der Waals surface area contributed by atoms with Gasteiger partial charge >= 0.3 is 0 Å². The number of aromatic amines is 1. The van der Waals surface area contributed by atoms with E-state index in [2.05, 4.69) is 14.9 Å². The van der Waals surface area contributed by atoms with Crippen LogP contribution in [0.2, 0.25) is 0 Å². The van der Waals surface area contributed by atoms with E-state index in [-0.39, 0.29) is 18.0 Å². The number of benzene rings is 2. The van der Waals surface area contributed by atoms with Crippen molar-refractivity contribution in [1.29, 1.82) is 0 Å². The Hall–Kier alpha value is -2.99. The Balaban J connectivity index is 1.43. The molecule has 1 amide bonds. The third-order valence-corrected chi connectivity index (χ3v) is 5.45. The van der Waals surface area contributed by atoms with Gasteiger partial charge in [-0.15, -0.1) is 0 Å². The molecule has 1 fully saturated rings. The molecule has 1 N–H and O–H groups in total. The Bertz CT molecular complexity index is 1050. The Labute approximate surface area is 170 Å². The average molecular weight is 390 g/mol. The molecule has 0 atom stereocenters. The van der Waals surface area contributed by atoms with Gasteiger partial charge in [-0.05, 0) is 55.8 Å². The van der Waals surface area contributed by atoms with Crippen molar-refractivity contribution in [2.75, 3.05) is 20.1 Å². The minimum Gasteiger partial charge on any atom is -0.334 e. The van der Waals surface area contributed by atoms with Crippen molar-refractivity contribution in [3.8, 4) is 0 Å². The maximum Gasteiger partial charge on any atom is 0.258 e. The van der Waals surface area contributed by atoms with Gasteiger partial charge in [0.25, 0.3) is 11.5 Å². The van der Waals surface area contributed by atoms with E-state index in [0.29, 0.717) is 22.3 Å². The summed E-state index contributed by atoms with van der Waals surface area (Å²) in [7, 11) is 1.72. The first-order valence-electron chi connectivity index (χ1n) is 10.1. The Morgan fingerprint density at radius 2 is 1.79 bits per heavy atom. The molecule has 6 heteroatoms. The number of rotatable bonds is 5. The number of carbonyl (C=O) groups is 1. The lowest BCUT2D eigenvalue weighted by Gasteiger charge is -2.26. The number of para-hydroxylation sites is 1. The molecular formula is C23H26N4O2. The lowest BCUT2D eigenvalue weighted by atomic mass is 10.1. The smallest absolute Gasteiger partial charge is 0.258 e. The fourth-order valence-corrected chi connectivity index (χ4v) is 3.86. The van der Waals surface area contributed by atoms with E-state index in [4.69, 9.17) is 0 Å². The van der Waals surface area contributed by atoms with Gasteiger partial charge in [0.1, 0.15) is 5.82 Å². The summed E-state index contributed by atoms with van der Waals surface area (Å²) in [6.45, 7) is 3.49. The summed E-state index contributed by atoms with van der Waals surface area (Å²) in [5, 5.41) is 0.550. The number of aromatic nitrogens is 2. The standard InChI is InChI=1S/C23H26N4O2/c1-26(16-21-24-20-8-4-3-7-19(20)22(28)25-21)23(29)18-11-9-17(10-12-18)15-27-13-5-2-6-14-27/h3-4,7-12H,2,5-6,13-16H2,1H3,(H,24,25,28). The van der Waals surface area contributed by atoms with Gasteiger partial charge < -0.3 is 9.88 Å². The van der Waals surface area contributed by atoms with Crippen LogP contribution in [0, 0.1) is 0 Å². The van der Waals surface area contributed by atoms with Crippen molar-refractivity contribution in [2.45, 2.75) is 32.4 Å². The molecule has 2 aromatic carbocycles. The summed E-state index contributed by atoms with van der Waals surface area (Å²) >= 11 is 0. The van der Waals surface area contributed by atoms with Crippen LogP contribution in [0.3, 0.4) is 0 Å². The van der Waals surface area contributed by atoms with E-state index in [1.54, 1.807) is 24.1 Å². The highest BCUT2D eigenvalue weighted by Crippen LogP contribution is 2.15. The number of amides is 1. The zero-order chi connectivity index (χ0) is 20.2. The van der Waals surface area contributed by atoms with Crippen LogP contribution < -0.4 is 5.56 Å². The number of hydrogen-bond acceptors (Lipinski definition) is 4. The van der Waals surface area contributed by atoms with Crippen LogP contribution in [0.15, 0.2) is 53.3 Å². The van der Waals surface area contributed by atoms with Crippen LogP contribution in [0.1, 0.15) is 41.0 Å². The number of piperidine rings is 1. The van der Waals surface area contributed by atoms with E-state index in [0.717, 1.165) is 19.6 Å². The molecule has 3 aromatic rings. The van der Waals surface area contributed by atoms with Gasteiger partial charge in [-0.1, -0.05) is 30.7 Å². The second-order valence-electron chi connectivity index (χ2n) is 7.72. The number of fused-ring (bicyclic) bond motifs is 1. The van der Waals surface area contributed by atoms with Gasteiger partial charge in [-0.2, -0.15) is 0 Å². The Kier molecular flexibility index (Phi) is 5.71. The first kappa shape index (κ1) is 19.3. The van der Waals surface area contributed by atoms with Crippen molar-refractivity contribution in [3.63, 3.8) is 0 Å². The minimum atomic E-state index is -0.187. The van der Waals surface area contributed by atoms with Crippen LogP contribution in [0.25, 0.3) is 10.9 Å².